The van der Waals surface area contributed by atoms with Crippen molar-refractivity contribution in [1.29, 1.82) is 0 Å². The molecule has 1 aliphatic heterocycles. The Kier molecular flexibility index (Phi) is 3.42. The number of hydrogen-bond donors (Lipinski definition) is 1. The zero-order chi connectivity index (χ0) is 14.1. The van der Waals surface area contributed by atoms with E-state index in [1.54, 1.807) is 4.90 Å². The van der Waals surface area contributed by atoms with Crippen LogP contribution in [0.5, 0.6) is 0 Å². The Morgan fingerprint density at radius 3 is 2.85 bits per heavy atom. The van der Waals surface area contributed by atoms with Crippen LogP contribution in [0, 0.1) is 0 Å². The molecule has 1 aliphatic rings. The van der Waals surface area contributed by atoms with E-state index < -0.39 is 6.29 Å². The van der Waals surface area contributed by atoms with Gasteiger partial charge in [0.2, 0.25) is 6.29 Å². The number of benzene rings is 2. The summed E-state index contributed by atoms with van der Waals surface area (Å²) in [5.41, 5.74) is 1.09. The van der Waals surface area contributed by atoms with Gasteiger partial charge in [-0.3, -0.25) is 4.79 Å². The highest BCUT2D eigenvalue weighted by atomic mass is 16.6. The zero-order valence-electron chi connectivity index (χ0n) is 11.3. The van der Waals surface area contributed by atoms with Gasteiger partial charge < -0.3 is 14.7 Å². The number of morpholine rings is 1. The van der Waals surface area contributed by atoms with E-state index >= 15 is 0 Å². The summed E-state index contributed by atoms with van der Waals surface area (Å²) >= 11 is 0. The molecule has 1 saturated heterocycles. The van der Waals surface area contributed by atoms with Gasteiger partial charge >= 0.3 is 0 Å². The van der Waals surface area contributed by atoms with E-state index in [1.165, 1.54) is 0 Å². The molecule has 0 aromatic heterocycles. The standard InChI is InChI=1S/C16H17NO3/c1-11(17-9-10-20-16(19)15(17)18)13-8-4-6-12-5-2-3-7-14(12)13/h2-8,11,16,19H,9-10H2,1H3/t11-,16?/m0/s1. The van der Waals surface area contributed by atoms with Gasteiger partial charge in [0.25, 0.3) is 5.91 Å². The van der Waals surface area contributed by atoms with Gasteiger partial charge in [0.05, 0.1) is 12.6 Å². The number of carbonyl (C=O) groups is 1. The molecule has 1 heterocycles. The summed E-state index contributed by atoms with van der Waals surface area (Å²) in [4.78, 5) is 13.7. The topological polar surface area (TPSA) is 49.8 Å². The quantitative estimate of drug-likeness (QED) is 0.909. The number of fused-ring (bicyclic) bond motifs is 1. The summed E-state index contributed by atoms with van der Waals surface area (Å²) in [6.45, 7) is 2.85. The third-order valence-corrected chi connectivity index (χ3v) is 3.84. The van der Waals surface area contributed by atoms with E-state index in [0.717, 1.165) is 16.3 Å². The van der Waals surface area contributed by atoms with Gasteiger partial charge in [0.1, 0.15) is 0 Å². The number of nitrogens with zero attached hydrogens (tertiary/aromatic N) is 1. The molecular weight excluding hydrogens is 254 g/mol. The molecule has 1 fully saturated rings. The normalized spacial score (nSPS) is 21.2. The molecule has 0 spiro atoms. The first-order valence-electron chi connectivity index (χ1n) is 6.76. The second-order valence-corrected chi connectivity index (χ2v) is 5.00. The molecule has 2 aromatic rings. The number of aliphatic hydroxyl groups excluding tert-OH is 1. The van der Waals surface area contributed by atoms with Crippen molar-refractivity contribution in [2.45, 2.75) is 19.3 Å². The largest absolute Gasteiger partial charge is 0.361 e. The Morgan fingerprint density at radius 2 is 2.00 bits per heavy atom. The fraction of sp³-hybridized carbons (Fsp3) is 0.312. The molecule has 3 rings (SSSR count). The molecule has 4 nitrogen and oxygen atoms in total. The average Bonchev–Trinajstić information content (AvgIpc) is 2.49. The van der Waals surface area contributed by atoms with E-state index in [4.69, 9.17) is 4.74 Å². The van der Waals surface area contributed by atoms with Crippen LogP contribution in [-0.2, 0) is 9.53 Å². The van der Waals surface area contributed by atoms with E-state index in [1.807, 2.05) is 31.2 Å². The lowest BCUT2D eigenvalue weighted by Gasteiger charge is -2.35. The maximum absolute atomic E-state index is 12.0. The Morgan fingerprint density at radius 1 is 1.25 bits per heavy atom. The second kappa shape index (κ2) is 5.23. The SMILES string of the molecule is C[C@@H](c1cccc2ccccc12)N1CCOC(O)C1=O. The van der Waals surface area contributed by atoms with E-state index in [9.17, 15) is 9.90 Å². The number of ether oxygens (including phenoxy) is 1. The number of hydrogen-bond acceptors (Lipinski definition) is 3. The molecule has 2 aromatic carbocycles. The number of rotatable bonds is 2. The van der Waals surface area contributed by atoms with Gasteiger partial charge in [-0.15, -0.1) is 0 Å². The molecule has 0 saturated carbocycles. The summed E-state index contributed by atoms with van der Waals surface area (Å²) in [5, 5.41) is 11.8. The Balaban J connectivity index is 2.00. The molecule has 1 unspecified atom stereocenters. The summed E-state index contributed by atoms with van der Waals surface area (Å²) in [6.07, 6.45) is -1.33. The summed E-state index contributed by atoms with van der Waals surface area (Å²) in [6, 6.07) is 14.1. The van der Waals surface area contributed by atoms with Crippen molar-refractivity contribution in [1.82, 2.24) is 4.90 Å². The van der Waals surface area contributed by atoms with E-state index in [0.29, 0.717) is 13.2 Å². The van der Waals surface area contributed by atoms with Gasteiger partial charge in [0.15, 0.2) is 0 Å². The van der Waals surface area contributed by atoms with Crippen molar-refractivity contribution in [3.05, 3.63) is 48.0 Å². The first kappa shape index (κ1) is 13.1. The molecule has 20 heavy (non-hydrogen) atoms. The van der Waals surface area contributed by atoms with Crippen molar-refractivity contribution in [3.63, 3.8) is 0 Å². The van der Waals surface area contributed by atoms with Gasteiger partial charge in [-0.2, -0.15) is 0 Å². The first-order chi connectivity index (χ1) is 9.68. The van der Waals surface area contributed by atoms with Crippen LogP contribution >= 0.6 is 0 Å². The Labute approximate surface area is 117 Å². The van der Waals surface area contributed by atoms with Crippen molar-refractivity contribution in [2.24, 2.45) is 0 Å². The van der Waals surface area contributed by atoms with Crippen LogP contribution in [-0.4, -0.2) is 35.4 Å². The summed E-state index contributed by atoms with van der Waals surface area (Å²) < 4.78 is 4.96. The van der Waals surface area contributed by atoms with Crippen LogP contribution in [0.3, 0.4) is 0 Å². The predicted molar refractivity (Wildman–Crippen MR) is 76.0 cm³/mol. The van der Waals surface area contributed by atoms with Gasteiger partial charge in [0, 0.05) is 6.54 Å². The van der Waals surface area contributed by atoms with Crippen molar-refractivity contribution < 1.29 is 14.6 Å². The van der Waals surface area contributed by atoms with Crippen molar-refractivity contribution in [2.75, 3.05) is 13.2 Å². The molecule has 1 amide bonds. The maximum Gasteiger partial charge on any atom is 0.279 e. The molecular formula is C16H17NO3. The van der Waals surface area contributed by atoms with Crippen molar-refractivity contribution in [3.8, 4) is 0 Å². The van der Waals surface area contributed by atoms with Crippen LogP contribution < -0.4 is 0 Å². The predicted octanol–water partition coefficient (Wildman–Crippen LogP) is 2.08. The third kappa shape index (κ3) is 2.17. The lowest BCUT2D eigenvalue weighted by Crippen LogP contribution is -2.48. The lowest BCUT2D eigenvalue weighted by atomic mass is 9.98. The van der Waals surface area contributed by atoms with E-state index in [2.05, 4.69) is 18.2 Å². The summed E-state index contributed by atoms with van der Waals surface area (Å²) in [7, 11) is 0. The second-order valence-electron chi connectivity index (χ2n) is 5.00. The number of carbonyl (C=O) groups excluding carboxylic acids is 1. The minimum absolute atomic E-state index is 0.0906. The van der Waals surface area contributed by atoms with Crippen LogP contribution in [0.1, 0.15) is 18.5 Å². The fourth-order valence-electron chi connectivity index (χ4n) is 2.75. The monoisotopic (exact) mass is 271 g/mol. The molecule has 0 radical (unpaired) electrons. The number of aliphatic hydroxyl groups is 1. The van der Waals surface area contributed by atoms with E-state index in [-0.39, 0.29) is 11.9 Å². The molecule has 0 bridgehead atoms. The molecule has 4 heteroatoms. The molecule has 1 N–H and O–H groups in total. The first-order valence-corrected chi connectivity index (χ1v) is 6.76. The smallest absolute Gasteiger partial charge is 0.279 e. The van der Waals surface area contributed by atoms with Gasteiger partial charge in [-0.25, -0.2) is 0 Å². The Hall–Kier alpha value is -1.91. The van der Waals surface area contributed by atoms with Gasteiger partial charge in [-0.05, 0) is 23.3 Å². The van der Waals surface area contributed by atoms with Gasteiger partial charge in [-0.1, -0.05) is 42.5 Å². The highest BCUT2D eigenvalue weighted by molar-refractivity contribution is 5.87. The van der Waals surface area contributed by atoms with Crippen LogP contribution in [0.4, 0.5) is 0 Å². The zero-order valence-corrected chi connectivity index (χ0v) is 11.3. The van der Waals surface area contributed by atoms with Crippen LogP contribution in [0.2, 0.25) is 0 Å². The van der Waals surface area contributed by atoms with Crippen LogP contribution in [0.15, 0.2) is 42.5 Å². The van der Waals surface area contributed by atoms with Crippen molar-refractivity contribution >= 4 is 16.7 Å². The highest BCUT2D eigenvalue weighted by Gasteiger charge is 2.31. The highest BCUT2D eigenvalue weighted by Crippen LogP contribution is 2.29. The average molecular weight is 271 g/mol. The number of amides is 1. The minimum Gasteiger partial charge on any atom is -0.361 e. The third-order valence-electron chi connectivity index (χ3n) is 3.84. The minimum atomic E-state index is -1.33. The molecule has 2 atom stereocenters. The lowest BCUT2D eigenvalue weighted by molar-refractivity contribution is -0.186. The maximum atomic E-state index is 12.0. The van der Waals surface area contributed by atoms with Crippen LogP contribution in [0.25, 0.3) is 10.8 Å². The molecule has 0 aliphatic carbocycles. The molecule has 104 valence electrons. The fourth-order valence-corrected chi connectivity index (χ4v) is 2.75. The summed E-state index contributed by atoms with van der Waals surface area (Å²) in [5.74, 6) is -0.364. The Bertz CT molecular complexity index is 635.